The number of aromatic amines is 1. The van der Waals surface area contributed by atoms with Crippen LogP contribution in [0.5, 0.6) is 0 Å². The standard InChI is InChI=1S/C20H24N6O/c1-12(13-4-5-13)20(27)25-14-3-2-8-26(10-14)19-17-15-6-7-21-18(15)22-9-16(17)23-11-24-19/h6-7,9,11-14H,2-5,8,10H2,1H3,(H,23,24)(H,25,27). The maximum absolute atomic E-state index is 12.5. The SMILES string of the molecule is CC(C(=O)NC1CCCN(c2nc[nH]c3cnc4nccc4c23)C1)C1CC1. The molecule has 0 spiro atoms. The van der Waals surface area contributed by atoms with Crippen LogP contribution in [-0.4, -0.2) is 45.0 Å². The fraction of sp³-hybridized carbons (Fsp3) is 0.500. The summed E-state index contributed by atoms with van der Waals surface area (Å²) in [4.78, 5) is 31.4. The summed E-state index contributed by atoms with van der Waals surface area (Å²) in [5.74, 6) is 1.87. The monoisotopic (exact) mass is 364 g/mol. The van der Waals surface area contributed by atoms with Crippen molar-refractivity contribution in [1.29, 1.82) is 0 Å². The molecule has 1 saturated carbocycles. The minimum atomic E-state index is 0.131. The molecular formula is C20H24N6O. The molecule has 2 N–H and O–H groups in total. The lowest BCUT2D eigenvalue weighted by atomic mass is 10.0. The van der Waals surface area contributed by atoms with Gasteiger partial charge >= 0.3 is 0 Å². The fourth-order valence-corrected chi connectivity index (χ4v) is 4.21. The molecule has 2 aliphatic rings. The zero-order valence-corrected chi connectivity index (χ0v) is 15.5. The fourth-order valence-electron chi connectivity index (χ4n) is 4.21. The quantitative estimate of drug-likeness (QED) is 0.743. The number of anilines is 1. The van der Waals surface area contributed by atoms with Gasteiger partial charge in [0.1, 0.15) is 5.82 Å². The minimum Gasteiger partial charge on any atom is -0.354 e. The second kappa shape index (κ2) is 6.48. The Hall–Kier alpha value is -2.70. The Labute approximate surface area is 157 Å². The summed E-state index contributed by atoms with van der Waals surface area (Å²) in [6.45, 7) is 3.78. The van der Waals surface area contributed by atoms with Crippen molar-refractivity contribution in [2.75, 3.05) is 18.0 Å². The lowest BCUT2D eigenvalue weighted by Gasteiger charge is -2.35. The van der Waals surface area contributed by atoms with Gasteiger partial charge in [0.25, 0.3) is 0 Å². The number of nitrogens with zero attached hydrogens (tertiary/aromatic N) is 4. The summed E-state index contributed by atoms with van der Waals surface area (Å²) < 4.78 is 0. The van der Waals surface area contributed by atoms with Crippen LogP contribution in [0.15, 0.2) is 24.8 Å². The maximum Gasteiger partial charge on any atom is 0.223 e. The molecule has 3 aromatic heterocycles. The highest BCUT2D eigenvalue weighted by Crippen LogP contribution is 2.37. The Balaban J connectivity index is 1.42. The number of carbonyl (C=O) groups is 1. The first-order valence-electron chi connectivity index (χ1n) is 9.83. The van der Waals surface area contributed by atoms with Gasteiger partial charge in [0, 0.05) is 36.6 Å². The van der Waals surface area contributed by atoms with Crippen molar-refractivity contribution in [3.63, 3.8) is 0 Å². The zero-order valence-electron chi connectivity index (χ0n) is 15.5. The van der Waals surface area contributed by atoms with Crippen molar-refractivity contribution in [3.8, 4) is 0 Å². The van der Waals surface area contributed by atoms with Crippen LogP contribution in [-0.2, 0) is 4.79 Å². The highest BCUT2D eigenvalue weighted by molar-refractivity contribution is 6.08. The molecule has 140 valence electrons. The van der Waals surface area contributed by atoms with Crippen molar-refractivity contribution in [1.82, 2.24) is 25.3 Å². The highest BCUT2D eigenvalue weighted by Gasteiger charge is 2.34. The summed E-state index contributed by atoms with van der Waals surface area (Å²) in [7, 11) is 0. The average Bonchev–Trinajstić information content (AvgIpc) is 3.43. The van der Waals surface area contributed by atoms with E-state index in [9.17, 15) is 4.79 Å². The molecule has 2 atom stereocenters. The summed E-state index contributed by atoms with van der Waals surface area (Å²) in [5.41, 5.74) is 1.69. The Morgan fingerprint density at radius 2 is 2.19 bits per heavy atom. The summed E-state index contributed by atoms with van der Waals surface area (Å²) in [6, 6.07) is 2.16. The second-order valence-corrected chi connectivity index (χ2v) is 7.87. The predicted molar refractivity (Wildman–Crippen MR) is 104 cm³/mol. The zero-order chi connectivity index (χ0) is 18.4. The Morgan fingerprint density at radius 1 is 1.30 bits per heavy atom. The Bertz CT molecular complexity index is 994. The van der Waals surface area contributed by atoms with Gasteiger partial charge in [0.2, 0.25) is 5.91 Å². The van der Waals surface area contributed by atoms with Crippen LogP contribution in [0, 0.1) is 11.8 Å². The van der Waals surface area contributed by atoms with Crippen molar-refractivity contribution < 1.29 is 4.79 Å². The van der Waals surface area contributed by atoms with E-state index in [0.29, 0.717) is 5.92 Å². The molecule has 7 nitrogen and oxygen atoms in total. The maximum atomic E-state index is 12.5. The number of piperidine rings is 1. The number of hydrogen-bond donors (Lipinski definition) is 2. The lowest BCUT2D eigenvalue weighted by molar-refractivity contribution is -0.125. The first-order chi connectivity index (χ1) is 13.2. The van der Waals surface area contributed by atoms with Gasteiger partial charge in [-0.15, -0.1) is 0 Å². The molecule has 3 aromatic rings. The van der Waals surface area contributed by atoms with Gasteiger partial charge in [-0.25, -0.2) is 15.0 Å². The third kappa shape index (κ3) is 3.01. The smallest absolute Gasteiger partial charge is 0.223 e. The normalized spacial score (nSPS) is 21.5. The summed E-state index contributed by atoms with van der Waals surface area (Å²) in [6.07, 6.45) is 9.77. The van der Waals surface area contributed by atoms with Crippen LogP contribution < -0.4 is 10.2 Å². The number of nitrogens with one attached hydrogen (secondary N) is 2. The number of hydrogen-bond acceptors (Lipinski definition) is 5. The van der Waals surface area contributed by atoms with E-state index in [-0.39, 0.29) is 17.9 Å². The van der Waals surface area contributed by atoms with Crippen LogP contribution in [0.1, 0.15) is 32.6 Å². The van der Waals surface area contributed by atoms with Crippen LogP contribution in [0.4, 0.5) is 5.82 Å². The molecule has 0 bridgehead atoms. The Morgan fingerprint density at radius 3 is 3.04 bits per heavy atom. The molecule has 27 heavy (non-hydrogen) atoms. The van der Waals surface area contributed by atoms with Gasteiger partial charge < -0.3 is 15.2 Å². The van der Waals surface area contributed by atoms with E-state index >= 15 is 0 Å². The molecule has 4 heterocycles. The van der Waals surface area contributed by atoms with Gasteiger partial charge in [-0.05, 0) is 37.7 Å². The van der Waals surface area contributed by atoms with Crippen LogP contribution in [0.2, 0.25) is 0 Å². The molecule has 0 radical (unpaired) electrons. The molecule has 5 rings (SSSR count). The van der Waals surface area contributed by atoms with Gasteiger partial charge in [0.15, 0.2) is 5.65 Å². The number of fused-ring (bicyclic) bond motifs is 3. The van der Waals surface area contributed by atoms with Crippen molar-refractivity contribution >= 4 is 33.7 Å². The third-order valence-corrected chi connectivity index (χ3v) is 5.97. The first kappa shape index (κ1) is 16.5. The molecule has 7 heteroatoms. The molecule has 1 aliphatic heterocycles. The molecule has 2 fully saturated rings. The number of pyridine rings is 1. The van der Waals surface area contributed by atoms with Crippen molar-refractivity contribution in [2.24, 2.45) is 11.8 Å². The second-order valence-electron chi connectivity index (χ2n) is 7.87. The molecule has 1 aliphatic carbocycles. The number of rotatable bonds is 4. The van der Waals surface area contributed by atoms with E-state index in [4.69, 9.17) is 0 Å². The van der Waals surface area contributed by atoms with Crippen molar-refractivity contribution in [3.05, 3.63) is 24.8 Å². The number of amides is 1. The van der Waals surface area contributed by atoms with E-state index in [2.05, 4.69) is 37.1 Å². The highest BCUT2D eigenvalue weighted by atomic mass is 16.2. The van der Waals surface area contributed by atoms with Crippen LogP contribution in [0.25, 0.3) is 21.9 Å². The lowest BCUT2D eigenvalue weighted by Crippen LogP contribution is -2.49. The number of carbonyl (C=O) groups excluding carboxylic acids is 1. The summed E-state index contributed by atoms with van der Waals surface area (Å²) >= 11 is 0. The molecule has 0 aromatic carbocycles. The molecule has 2 unspecified atom stereocenters. The molecule has 1 saturated heterocycles. The van der Waals surface area contributed by atoms with Gasteiger partial charge in [-0.3, -0.25) is 4.79 Å². The van der Waals surface area contributed by atoms with Crippen LogP contribution in [0.3, 0.4) is 0 Å². The van der Waals surface area contributed by atoms with E-state index in [0.717, 1.165) is 53.7 Å². The topological polar surface area (TPSA) is 86.8 Å². The number of H-pyrrole nitrogens is 1. The van der Waals surface area contributed by atoms with E-state index < -0.39 is 0 Å². The van der Waals surface area contributed by atoms with E-state index in [1.165, 1.54) is 12.8 Å². The largest absolute Gasteiger partial charge is 0.354 e. The number of aromatic nitrogens is 4. The average molecular weight is 364 g/mol. The van der Waals surface area contributed by atoms with Crippen LogP contribution >= 0.6 is 0 Å². The van der Waals surface area contributed by atoms with E-state index in [1.807, 2.05) is 12.3 Å². The minimum absolute atomic E-state index is 0.131. The molecule has 1 amide bonds. The van der Waals surface area contributed by atoms with Crippen molar-refractivity contribution in [2.45, 2.75) is 38.6 Å². The van der Waals surface area contributed by atoms with E-state index in [1.54, 1.807) is 12.5 Å². The summed E-state index contributed by atoms with van der Waals surface area (Å²) in [5, 5.41) is 5.35. The van der Waals surface area contributed by atoms with Gasteiger partial charge in [0.05, 0.1) is 23.4 Å². The predicted octanol–water partition coefficient (Wildman–Crippen LogP) is 2.64. The Kier molecular flexibility index (Phi) is 3.95. The van der Waals surface area contributed by atoms with Gasteiger partial charge in [-0.1, -0.05) is 6.92 Å². The van der Waals surface area contributed by atoms with Gasteiger partial charge in [-0.2, -0.15) is 0 Å². The molecular weight excluding hydrogens is 340 g/mol. The first-order valence-corrected chi connectivity index (χ1v) is 9.83. The third-order valence-electron chi connectivity index (χ3n) is 5.97.